The molecule has 0 aromatic rings. The van der Waals surface area contributed by atoms with Crippen molar-refractivity contribution in [1.29, 1.82) is 0 Å². The predicted octanol–water partition coefficient (Wildman–Crippen LogP) is 10.7. The fourth-order valence-corrected chi connectivity index (χ4v) is 17.3. The fourth-order valence-electron chi connectivity index (χ4n) is 3.01. The molecule has 0 saturated heterocycles. The first-order valence-corrected chi connectivity index (χ1v) is 48.1. The average molecular weight is 975 g/mol. The molecule has 0 fully saturated rings. The average Bonchev–Trinajstić information content (AvgIpc) is 3.28. The molecule has 0 bridgehead atoms. The van der Waals surface area contributed by atoms with Crippen LogP contribution in [0, 0.1) is 0 Å². The molecule has 0 N–H and O–H groups in total. The van der Waals surface area contributed by atoms with Crippen LogP contribution >= 0.6 is 37.2 Å². The molecule has 0 unspecified atom stereocenters. The summed E-state index contributed by atoms with van der Waals surface area (Å²) < 4.78 is 27.6. The van der Waals surface area contributed by atoms with Crippen LogP contribution in [0.4, 0.5) is 0 Å². The predicted molar refractivity (Wildman–Crippen MR) is 140 cm³/mol. The second-order valence-corrected chi connectivity index (χ2v) is 66.1. The van der Waals surface area contributed by atoms with Gasteiger partial charge in [-0.05, 0) is 0 Å². The fraction of sp³-hybridized carbons (Fsp3) is 0.500. The Labute approximate surface area is 220 Å². The zero-order valence-electron chi connectivity index (χ0n) is 20.5. The van der Waals surface area contributed by atoms with Gasteiger partial charge in [0, 0.05) is 0 Å². The Bertz CT molecular complexity index is 583. The zero-order valence-corrected chi connectivity index (χ0v) is 33.8. The van der Waals surface area contributed by atoms with Crippen LogP contribution in [0.15, 0.2) is 64.7 Å². The van der Waals surface area contributed by atoms with Crippen LogP contribution in [-0.4, -0.2) is 0 Å². The normalized spacial score (nSPS) is 16.5. The minimum atomic E-state index is -1.71. The van der Waals surface area contributed by atoms with Gasteiger partial charge in [-0.3, -0.25) is 0 Å². The van der Waals surface area contributed by atoms with Gasteiger partial charge in [0.2, 0.25) is 0 Å². The Kier molecular flexibility index (Phi) is 20.1. The van der Waals surface area contributed by atoms with E-state index in [4.69, 9.17) is 0 Å². The van der Waals surface area contributed by atoms with Gasteiger partial charge in [-0.25, -0.2) is 0 Å². The summed E-state index contributed by atoms with van der Waals surface area (Å²) in [6.45, 7) is 0. The third-order valence-electron chi connectivity index (χ3n) is 5.20. The van der Waals surface area contributed by atoms with E-state index < -0.39 is 59.9 Å². The maximum atomic E-state index is 2.48. The van der Waals surface area contributed by atoms with Gasteiger partial charge in [0.25, 0.3) is 0 Å². The summed E-state index contributed by atoms with van der Waals surface area (Å²) in [7, 11) is 0. The van der Waals surface area contributed by atoms with E-state index in [1.165, 1.54) is 19.3 Å². The summed E-state index contributed by atoms with van der Waals surface area (Å²) in [6, 6.07) is 0. The second-order valence-electron chi connectivity index (χ2n) is 10.7. The quantitative estimate of drug-likeness (QED) is 0.247. The molecule has 174 valence electrons. The number of allylic oxidation sites excluding steroid dienone is 12. The first kappa shape index (κ1) is 36.5. The number of hydrogen-bond donors (Lipinski definition) is 0. The Balaban J connectivity index is -0.000000347. The summed E-state index contributed by atoms with van der Waals surface area (Å²) in [4.78, 5) is 0. The molecule has 3 rings (SSSR count). The van der Waals surface area contributed by atoms with Crippen molar-refractivity contribution in [3.05, 3.63) is 64.7 Å². The number of rotatable bonds is 3. The Morgan fingerprint density at radius 3 is 0.700 bits per heavy atom. The summed E-state index contributed by atoms with van der Waals surface area (Å²) in [6.07, 6.45) is 24.1. The van der Waals surface area contributed by atoms with Crippen LogP contribution in [0.3, 0.4) is 0 Å². The molecule has 0 spiro atoms. The summed E-state index contributed by atoms with van der Waals surface area (Å²) >= 11 is -5.12. The zero-order chi connectivity index (χ0) is 20.7. The van der Waals surface area contributed by atoms with Crippen LogP contribution in [0.5, 0.6) is 0 Å². The first-order chi connectivity index (χ1) is 12.3. The molecule has 0 amide bonds. The van der Waals surface area contributed by atoms with Crippen molar-refractivity contribution in [3.63, 3.8) is 0 Å². The van der Waals surface area contributed by atoms with Crippen molar-refractivity contribution < 1.29 is 59.9 Å². The van der Waals surface area contributed by atoms with E-state index in [0.29, 0.717) is 0 Å². The van der Waals surface area contributed by atoms with Crippen LogP contribution < -0.4 is 0 Å². The molecule has 0 heterocycles. The van der Waals surface area contributed by atoms with Gasteiger partial charge < -0.3 is 0 Å². The molecule has 0 radical (unpaired) electrons. The third kappa shape index (κ3) is 14.9. The van der Waals surface area contributed by atoms with Crippen molar-refractivity contribution in [2.45, 2.75) is 61.4 Å². The van der Waals surface area contributed by atoms with Gasteiger partial charge in [-0.1, -0.05) is 0 Å². The van der Waals surface area contributed by atoms with Crippen LogP contribution in [0.1, 0.15) is 19.3 Å². The molecule has 0 atom stereocenters. The summed E-state index contributed by atoms with van der Waals surface area (Å²) in [5, 5.41) is 0. The standard InChI is InChI=1S/3C5H5.9CH3.3ClH.3Hf/c3*1-2-4-5-3-1;;;;;;;;;;;;;;;/h3*1-3H,4H2;9*1H3;3*1H;;;. The van der Waals surface area contributed by atoms with E-state index in [1.807, 2.05) is 0 Å². The monoisotopic (exact) mass is 978 g/mol. The Hall–Kier alpha value is 1.92. The van der Waals surface area contributed by atoms with Gasteiger partial charge in [0.1, 0.15) is 0 Å². The molecule has 0 aliphatic heterocycles. The third-order valence-corrected chi connectivity index (χ3v) is 30.0. The molecule has 30 heavy (non-hydrogen) atoms. The summed E-state index contributed by atoms with van der Waals surface area (Å²) in [5.41, 5.74) is 0. The molecule has 0 aromatic carbocycles. The number of hydrogen-bond acceptors (Lipinski definition) is 0. The molecule has 6 heteroatoms. The first-order valence-electron chi connectivity index (χ1n) is 10.4. The van der Waals surface area contributed by atoms with Gasteiger partial charge >= 0.3 is 186 Å². The molecule has 0 aromatic heterocycles. The molecular formula is C24H45Cl3Hf3. The second kappa shape index (κ2) is 16.5. The van der Waals surface area contributed by atoms with Crippen molar-refractivity contribution in [3.8, 4) is 0 Å². The Morgan fingerprint density at radius 2 is 0.633 bits per heavy atom. The van der Waals surface area contributed by atoms with E-state index in [-0.39, 0.29) is 37.2 Å². The topological polar surface area (TPSA) is 0 Å². The van der Waals surface area contributed by atoms with Crippen LogP contribution in [0.25, 0.3) is 0 Å². The van der Waals surface area contributed by atoms with Gasteiger partial charge in [-0.15, -0.1) is 37.2 Å². The molecule has 0 saturated carbocycles. The van der Waals surface area contributed by atoms with Crippen molar-refractivity contribution in [1.82, 2.24) is 0 Å². The van der Waals surface area contributed by atoms with E-state index in [1.54, 1.807) is 9.99 Å². The van der Waals surface area contributed by atoms with Crippen LogP contribution in [0.2, 0.25) is 42.1 Å². The molecule has 3 aliphatic carbocycles. The van der Waals surface area contributed by atoms with Gasteiger partial charge in [0.15, 0.2) is 0 Å². The Morgan fingerprint density at radius 1 is 0.433 bits per heavy atom. The van der Waals surface area contributed by atoms with Crippen molar-refractivity contribution in [2.75, 3.05) is 0 Å². The van der Waals surface area contributed by atoms with Crippen molar-refractivity contribution in [2.24, 2.45) is 0 Å². The summed E-state index contributed by atoms with van der Waals surface area (Å²) in [5.74, 6) is 0. The van der Waals surface area contributed by atoms with E-state index in [0.717, 1.165) is 0 Å². The molecule has 0 nitrogen and oxygen atoms in total. The van der Waals surface area contributed by atoms with Crippen LogP contribution in [-0.2, 0) is 59.9 Å². The number of halogens is 3. The van der Waals surface area contributed by atoms with Crippen molar-refractivity contribution >= 4 is 37.2 Å². The van der Waals surface area contributed by atoms with Gasteiger partial charge in [-0.2, -0.15) is 0 Å². The van der Waals surface area contributed by atoms with E-state index in [9.17, 15) is 0 Å². The maximum absolute atomic E-state index is 2.48. The SMILES string of the molecule is Cl.Cl.Cl.[CH3][Hf]([CH3])([CH3])[C]1=CC=CC1.[CH3][Hf]([CH3])([CH3])[C]1=CC=CC1.[CH3][Hf]([CH3])([CH3])[C]1=CC=CC1. The van der Waals surface area contributed by atoms with E-state index >= 15 is 0 Å². The molecular weight excluding hydrogens is 930 g/mol. The van der Waals surface area contributed by atoms with Gasteiger partial charge in [0.05, 0.1) is 0 Å². The van der Waals surface area contributed by atoms with E-state index in [2.05, 4.69) is 96.8 Å². The molecule has 3 aliphatic rings. The minimum absolute atomic E-state index is 0.